The predicted octanol–water partition coefficient (Wildman–Crippen LogP) is 4.14. The molecule has 0 aliphatic carbocycles. The third-order valence-corrected chi connectivity index (χ3v) is 3.84. The predicted molar refractivity (Wildman–Crippen MR) is 87.4 cm³/mol. The Hall–Kier alpha value is -2.08. The number of halogens is 5. The molecule has 0 atom stereocenters. The quantitative estimate of drug-likeness (QED) is 0.598. The largest absolute Gasteiger partial charge is 0.349 e. The second-order valence-electron chi connectivity index (χ2n) is 6.15. The summed E-state index contributed by atoms with van der Waals surface area (Å²) in [4.78, 5) is 11.7. The zero-order valence-corrected chi connectivity index (χ0v) is 14.1. The highest BCUT2D eigenvalue weighted by atomic mass is 35.5. The van der Waals surface area contributed by atoms with Crippen LogP contribution in [0.15, 0.2) is 36.4 Å². The number of hydrogen-bond acceptors (Lipinski definition) is 1. The zero-order chi connectivity index (χ0) is 18.6. The topological polar surface area (TPSA) is 29.1 Å². The van der Waals surface area contributed by atoms with E-state index in [9.17, 15) is 22.4 Å². The molecule has 0 bridgehead atoms. The molecule has 0 aliphatic heterocycles. The van der Waals surface area contributed by atoms with E-state index < -0.39 is 34.7 Å². The van der Waals surface area contributed by atoms with Crippen molar-refractivity contribution in [2.45, 2.75) is 25.3 Å². The Kier molecular flexibility index (Phi) is 6.06. The van der Waals surface area contributed by atoms with E-state index in [0.29, 0.717) is 11.1 Å². The number of carbonyl (C=O) groups excluding carboxylic acids is 1. The Balaban J connectivity index is 2.33. The molecule has 2 nitrogen and oxygen atoms in total. The average Bonchev–Trinajstić information content (AvgIpc) is 2.43. The van der Waals surface area contributed by atoms with Gasteiger partial charge in [0.25, 0.3) is 0 Å². The minimum Gasteiger partial charge on any atom is -0.349 e. The molecule has 0 saturated carbocycles. The Morgan fingerprint density at radius 1 is 0.880 bits per heavy atom. The molecule has 0 unspecified atom stereocenters. The summed E-state index contributed by atoms with van der Waals surface area (Å²) < 4.78 is 53.7. The number of carbonyl (C=O) groups is 1. The third kappa shape index (κ3) is 5.74. The molecule has 7 heteroatoms. The maximum absolute atomic E-state index is 13.4. The Morgan fingerprint density at radius 2 is 1.24 bits per heavy atom. The normalized spacial score (nSPS) is 11.4. The molecule has 25 heavy (non-hydrogen) atoms. The number of alkyl halides is 1. The van der Waals surface area contributed by atoms with Crippen molar-refractivity contribution >= 4 is 17.5 Å². The molecule has 0 fully saturated rings. The van der Waals surface area contributed by atoms with Crippen molar-refractivity contribution in [3.63, 3.8) is 0 Å². The van der Waals surface area contributed by atoms with Gasteiger partial charge in [0.1, 0.15) is 29.1 Å². The van der Waals surface area contributed by atoms with Gasteiger partial charge in [-0.15, -0.1) is 11.6 Å². The van der Waals surface area contributed by atoms with Crippen molar-refractivity contribution < 1.29 is 22.4 Å². The lowest BCUT2D eigenvalue weighted by Gasteiger charge is -2.31. The number of rotatable bonds is 6. The molecule has 2 rings (SSSR count). The first-order valence-corrected chi connectivity index (χ1v) is 7.99. The second-order valence-corrected chi connectivity index (χ2v) is 6.42. The standard InChI is InChI=1S/C18H16ClF4NO/c1-18(24-17(25)10-19,8-11-2-13(20)6-14(21)3-11)9-12-4-15(22)7-16(23)5-12/h2-7H,8-10H2,1H3,(H,24,25). The second kappa shape index (κ2) is 7.87. The van der Waals surface area contributed by atoms with E-state index in [4.69, 9.17) is 11.6 Å². The van der Waals surface area contributed by atoms with E-state index >= 15 is 0 Å². The van der Waals surface area contributed by atoms with Crippen LogP contribution in [0.1, 0.15) is 18.1 Å². The van der Waals surface area contributed by atoms with Crippen LogP contribution in [0.4, 0.5) is 17.6 Å². The first kappa shape index (κ1) is 19.2. The van der Waals surface area contributed by atoms with Crippen molar-refractivity contribution in [3.8, 4) is 0 Å². The van der Waals surface area contributed by atoms with Gasteiger partial charge in [0.05, 0.1) is 0 Å². The molecular weight excluding hydrogens is 358 g/mol. The van der Waals surface area contributed by atoms with Crippen LogP contribution in [0.2, 0.25) is 0 Å². The molecule has 2 aromatic carbocycles. The zero-order valence-electron chi connectivity index (χ0n) is 13.4. The van der Waals surface area contributed by atoms with E-state index in [1.165, 1.54) is 0 Å². The van der Waals surface area contributed by atoms with Crippen LogP contribution in [0.5, 0.6) is 0 Å². The molecule has 1 amide bonds. The maximum Gasteiger partial charge on any atom is 0.235 e. The Bertz CT molecular complexity index is 688. The molecule has 134 valence electrons. The summed E-state index contributed by atoms with van der Waals surface area (Å²) >= 11 is 5.51. The summed E-state index contributed by atoms with van der Waals surface area (Å²) in [5.74, 6) is -3.82. The number of benzene rings is 2. The van der Waals surface area contributed by atoms with Crippen LogP contribution in [0.25, 0.3) is 0 Å². The van der Waals surface area contributed by atoms with Gasteiger partial charge in [-0.1, -0.05) is 0 Å². The molecule has 0 aromatic heterocycles. The minimum atomic E-state index is -1.05. The summed E-state index contributed by atoms with van der Waals surface area (Å²) in [5.41, 5.74) is -0.453. The SMILES string of the molecule is CC(Cc1cc(F)cc(F)c1)(Cc1cc(F)cc(F)c1)NC(=O)CCl. The fourth-order valence-corrected chi connectivity index (χ4v) is 2.91. The Morgan fingerprint density at radius 3 is 1.56 bits per heavy atom. The monoisotopic (exact) mass is 373 g/mol. The summed E-state index contributed by atoms with van der Waals surface area (Å²) in [6.07, 6.45) is 0.0882. The summed E-state index contributed by atoms with van der Waals surface area (Å²) in [5, 5.41) is 2.66. The molecule has 0 saturated heterocycles. The van der Waals surface area contributed by atoms with Gasteiger partial charge in [0.2, 0.25) is 5.91 Å². The summed E-state index contributed by atoms with van der Waals surface area (Å²) in [6, 6.07) is 6.03. The van der Waals surface area contributed by atoms with Crippen molar-refractivity contribution in [1.29, 1.82) is 0 Å². The van der Waals surface area contributed by atoms with Gasteiger partial charge < -0.3 is 5.32 Å². The highest BCUT2D eigenvalue weighted by molar-refractivity contribution is 6.27. The van der Waals surface area contributed by atoms with Crippen molar-refractivity contribution in [3.05, 3.63) is 70.8 Å². The van der Waals surface area contributed by atoms with Gasteiger partial charge in [-0.25, -0.2) is 17.6 Å². The lowest BCUT2D eigenvalue weighted by molar-refractivity contribution is -0.120. The molecule has 0 aliphatic rings. The molecule has 2 aromatic rings. The smallest absolute Gasteiger partial charge is 0.235 e. The number of nitrogens with one attached hydrogen (secondary N) is 1. The van der Waals surface area contributed by atoms with Gasteiger partial charge in [0.15, 0.2) is 0 Å². The molecular formula is C18H16ClF4NO. The van der Waals surface area contributed by atoms with Crippen molar-refractivity contribution in [2.75, 3.05) is 5.88 Å². The van der Waals surface area contributed by atoms with Crippen molar-refractivity contribution in [2.24, 2.45) is 0 Å². The van der Waals surface area contributed by atoms with Crippen molar-refractivity contribution in [1.82, 2.24) is 5.32 Å². The van der Waals surface area contributed by atoms with E-state index in [1.54, 1.807) is 6.92 Å². The highest BCUT2D eigenvalue weighted by Gasteiger charge is 2.28. The Labute approximate surface area is 147 Å². The highest BCUT2D eigenvalue weighted by Crippen LogP contribution is 2.22. The molecule has 0 spiro atoms. The molecule has 0 radical (unpaired) electrons. The summed E-state index contributed by atoms with van der Waals surface area (Å²) in [6.45, 7) is 1.61. The van der Waals surface area contributed by atoms with Crippen LogP contribution in [0, 0.1) is 23.3 Å². The summed E-state index contributed by atoms with van der Waals surface area (Å²) in [7, 11) is 0. The van der Waals surface area contributed by atoms with Gasteiger partial charge in [-0.2, -0.15) is 0 Å². The fourth-order valence-electron chi connectivity index (χ4n) is 2.85. The van der Waals surface area contributed by atoms with Gasteiger partial charge in [-0.3, -0.25) is 4.79 Å². The van der Waals surface area contributed by atoms with Crippen LogP contribution < -0.4 is 5.32 Å². The third-order valence-electron chi connectivity index (χ3n) is 3.60. The maximum atomic E-state index is 13.4. The molecule has 0 heterocycles. The van der Waals surface area contributed by atoms with E-state index in [-0.39, 0.29) is 18.7 Å². The first-order chi connectivity index (χ1) is 11.7. The van der Waals surface area contributed by atoms with Gasteiger partial charge in [-0.05, 0) is 55.2 Å². The van der Waals surface area contributed by atoms with Gasteiger partial charge in [0, 0.05) is 17.7 Å². The van der Waals surface area contributed by atoms with Gasteiger partial charge >= 0.3 is 0 Å². The van der Waals surface area contributed by atoms with E-state index in [1.807, 2.05) is 0 Å². The van der Waals surface area contributed by atoms with Crippen LogP contribution in [0.3, 0.4) is 0 Å². The minimum absolute atomic E-state index is 0.0441. The molecule has 1 N–H and O–H groups in total. The number of hydrogen-bond donors (Lipinski definition) is 1. The number of amides is 1. The first-order valence-electron chi connectivity index (χ1n) is 7.46. The lowest BCUT2D eigenvalue weighted by Crippen LogP contribution is -2.50. The average molecular weight is 374 g/mol. The van der Waals surface area contributed by atoms with Crippen LogP contribution in [-0.2, 0) is 17.6 Å². The lowest BCUT2D eigenvalue weighted by atomic mass is 9.86. The van der Waals surface area contributed by atoms with Crippen LogP contribution in [-0.4, -0.2) is 17.3 Å². The van der Waals surface area contributed by atoms with E-state index in [0.717, 1.165) is 36.4 Å². The van der Waals surface area contributed by atoms with Crippen LogP contribution >= 0.6 is 11.6 Å². The fraction of sp³-hybridized carbons (Fsp3) is 0.278. The van der Waals surface area contributed by atoms with E-state index in [2.05, 4.69) is 5.32 Å².